The number of ether oxygens (including phenoxy) is 1. The maximum atomic E-state index is 5.92. The van der Waals surface area contributed by atoms with E-state index in [1.54, 1.807) is 29.0 Å². The second-order valence-electron chi connectivity index (χ2n) is 5.82. The summed E-state index contributed by atoms with van der Waals surface area (Å²) in [5.41, 5.74) is 2.07. The standard InChI is InChI=1S/C19H19ClN4OS/c1-14(2)25-18-6-4-3-5-16(18)11-22-24-13-21-23-19(24)26-12-15-7-9-17(20)10-8-15/h3-11,13-14H,12H2,1-2H3/b22-11+. The second kappa shape index (κ2) is 8.87. The van der Waals surface area contributed by atoms with E-state index in [-0.39, 0.29) is 6.10 Å². The van der Waals surface area contributed by atoms with Crippen molar-refractivity contribution in [3.8, 4) is 5.75 Å². The number of benzene rings is 2. The first-order chi connectivity index (χ1) is 12.6. The summed E-state index contributed by atoms with van der Waals surface area (Å²) in [6.07, 6.45) is 3.45. The lowest BCUT2D eigenvalue weighted by molar-refractivity contribution is 0.242. The van der Waals surface area contributed by atoms with E-state index < -0.39 is 0 Å². The number of thioether (sulfide) groups is 1. The van der Waals surface area contributed by atoms with E-state index in [0.717, 1.165) is 32.8 Å². The summed E-state index contributed by atoms with van der Waals surface area (Å²) in [5, 5.41) is 14.0. The van der Waals surface area contributed by atoms with Gasteiger partial charge in [0, 0.05) is 16.3 Å². The zero-order valence-corrected chi connectivity index (χ0v) is 16.1. The summed E-state index contributed by atoms with van der Waals surface area (Å²) in [6.45, 7) is 4.00. The third kappa shape index (κ3) is 5.09. The molecule has 0 amide bonds. The zero-order chi connectivity index (χ0) is 18.4. The molecule has 0 atom stereocenters. The van der Waals surface area contributed by atoms with Crippen molar-refractivity contribution in [2.24, 2.45) is 5.10 Å². The fourth-order valence-corrected chi connectivity index (χ4v) is 3.14. The average Bonchev–Trinajstić information content (AvgIpc) is 3.07. The average molecular weight is 387 g/mol. The molecule has 3 aromatic rings. The zero-order valence-electron chi connectivity index (χ0n) is 14.5. The van der Waals surface area contributed by atoms with Gasteiger partial charge in [-0.1, -0.05) is 47.6 Å². The number of halogens is 1. The Morgan fingerprint density at radius 3 is 2.73 bits per heavy atom. The van der Waals surface area contributed by atoms with Crippen molar-refractivity contribution in [3.05, 3.63) is 71.0 Å². The molecular formula is C19H19ClN4OS. The van der Waals surface area contributed by atoms with Crippen LogP contribution in [0.15, 0.2) is 65.1 Å². The summed E-state index contributed by atoms with van der Waals surface area (Å²) in [7, 11) is 0. The van der Waals surface area contributed by atoms with Gasteiger partial charge >= 0.3 is 0 Å². The third-order valence-corrected chi connectivity index (χ3v) is 4.64. The Balaban J connectivity index is 1.71. The van der Waals surface area contributed by atoms with Crippen LogP contribution in [-0.4, -0.2) is 27.2 Å². The van der Waals surface area contributed by atoms with Crippen LogP contribution in [0.3, 0.4) is 0 Å². The van der Waals surface area contributed by atoms with Crippen molar-refractivity contribution in [1.29, 1.82) is 0 Å². The van der Waals surface area contributed by atoms with Crippen LogP contribution in [0.4, 0.5) is 0 Å². The van der Waals surface area contributed by atoms with Gasteiger partial charge in [0.25, 0.3) is 0 Å². The lowest BCUT2D eigenvalue weighted by Crippen LogP contribution is -2.07. The number of nitrogens with zero attached hydrogens (tertiary/aromatic N) is 4. The molecule has 2 aromatic carbocycles. The Kier molecular flexibility index (Phi) is 6.30. The molecule has 0 aliphatic carbocycles. The number of para-hydroxylation sites is 1. The van der Waals surface area contributed by atoms with Crippen molar-refractivity contribution in [1.82, 2.24) is 14.9 Å². The van der Waals surface area contributed by atoms with E-state index in [0.29, 0.717) is 0 Å². The van der Waals surface area contributed by atoms with Gasteiger partial charge in [-0.05, 0) is 43.7 Å². The maximum absolute atomic E-state index is 5.92. The van der Waals surface area contributed by atoms with E-state index >= 15 is 0 Å². The molecule has 0 fully saturated rings. The molecule has 0 saturated heterocycles. The normalized spacial score (nSPS) is 11.4. The molecule has 0 bridgehead atoms. The van der Waals surface area contributed by atoms with Gasteiger partial charge in [-0.25, -0.2) is 0 Å². The van der Waals surface area contributed by atoms with Crippen molar-refractivity contribution >= 4 is 29.6 Å². The van der Waals surface area contributed by atoms with Crippen LogP contribution in [0.25, 0.3) is 0 Å². The van der Waals surface area contributed by atoms with Crippen molar-refractivity contribution in [2.75, 3.05) is 0 Å². The fraction of sp³-hybridized carbons (Fsp3) is 0.211. The maximum Gasteiger partial charge on any atom is 0.212 e. The molecule has 134 valence electrons. The fourth-order valence-electron chi connectivity index (χ4n) is 2.19. The molecule has 5 nitrogen and oxygen atoms in total. The third-order valence-electron chi connectivity index (χ3n) is 3.38. The first-order valence-corrected chi connectivity index (χ1v) is 9.55. The quantitative estimate of drug-likeness (QED) is 0.428. The number of hydrogen-bond donors (Lipinski definition) is 0. The van der Waals surface area contributed by atoms with Crippen molar-refractivity contribution < 1.29 is 4.74 Å². The van der Waals surface area contributed by atoms with E-state index in [4.69, 9.17) is 16.3 Å². The first-order valence-electron chi connectivity index (χ1n) is 8.19. The summed E-state index contributed by atoms with van der Waals surface area (Å²) in [5.74, 6) is 1.56. The largest absolute Gasteiger partial charge is 0.490 e. The van der Waals surface area contributed by atoms with Crippen LogP contribution in [0.5, 0.6) is 5.75 Å². The Morgan fingerprint density at radius 1 is 1.19 bits per heavy atom. The molecule has 0 unspecified atom stereocenters. The van der Waals surface area contributed by atoms with Gasteiger partial charge in [0.05, 0.1) is 12.3 Å². The monoisotopic (exact) mass is 386 g/mol. The summed E-state index contributed by atoms with van der Waals surface area (Å²) in [4.78, 5) is 0. The minimum absolute atomic E-state index is 0.102. The molecule has 0 aliphatic heterocycles. The Labute approximate surface area is 162 Å². The summed E-state index contributed by atoms with van der Waals surface area (Å²) in [6, 6.07) is 15.6. The summed E-state index contributed by atoms with van der Waals surface area (Å²) >= 11 is 7.48. The van der Waals surface area contributed by atoms with Gasteiger partial charge in [-0.3, -0.25) is 0 Å². The van der Waals surface area contributed by atoms with Crippen LogP contribution in [-0.2, 0) is 5.75 Å². The Morgan fingerprint density at radius 2 is 1.96 bits per heavy atom. The number of aromatic nitrogens is 3. The van der Waals surface area contributed by atoms with Crippen LogP contribution >= 0.6 is 23.4 Å². The van der Waals surface area contributed by atoms with E-state index in [2.05, 4.69) is 15.3 Å². The molecule has 0 aliphatic rings. The highest BCUT2D eigenvalue weighted by molar-refractivity contribution is 7.98. The molecule has 0 N–H and O–H groups in total. The second-order valence-corrected chi connectivity index (χ2v) is 7.20. The van der Waals surface area contributed by atoms with Gasteiger partial charge in [0.15, 0.2) is 0 Å². The predicted molar refractivity (Wildman–Crippen MR) is 106 cm³/mol. The smallest absolute Gasteiger partial charge is 0.212 e. The minimum atomic E-state index is 0.102. The van der Waals surface area contributed by atoms with Gasteiger partial charge < -0.3 is 4.74 Å². The van der Waals surface area contributed by atoms with E-state index in [1.807, 2.05) is 62.4 Å². The van der Waals surface area contributed by atoms with Gasteiger partial charge in [0.1, 0.15) is 12.1 Å². The van der Waals surface area contributed by atoms with Gasteiger partial charge in [-0.15, -0.1) is 10.2 Å². The van der Waals surface area contributed by atoms with Crippen molar-refractivity contribution in [3.63, 3.8) is 0 Å². The SMILES string of the molecule is CC(C)Oc1ccccc1/C=N/n1cnnc1SCc1ccc(Cl)cc1. The van der Waals surface area contributed by atoms with Crippen LogP contribution in [0, 0.1) is 0 Å². The van der Waals surface area contributed by atoms with E-state index in [9.17, 15) is 0 Å². The molecule has 0 radical (unpaired) electrons. The minimum Gasteiger partial charge on any atom is -0.490 e. The molecule has 1 heterocycles. The molecule has 1 aromatic heterocycles. The molecule has 0 saturated carbocycles. The Hall–Kier alpha value is -2.31. The van der Waals surface area contributed by atoms with Gasteiger partial charge in [0.2, 0.25) is 5.16 Å². The predicted octanol–water partition coefficient (Wildman–Crippen LogP) is 4.89. The lowest BCUT2D eigenvalue weighted by Gasteiger charge is -2.11. The van der Waals surface area contributed by atoms with E-state index in [1.165, 1.54) is 0 Å². The number of rotatable bonds is 7. The highest BCUT2D eigenvalue weighted by Crippen LogP contribution is 2.22. The summed E-state index contributed by atoms with van der Waals surface area (Å²) < 4.78 is 7.47. The molecule has 0 spiro atoms. The highest BCUT2D eigenvalue weighted by atomic mass is 35.5. The van der Waals surface area contributed by atoms with Crippen molar-refractivity contribution in [2.45, 2.75) is 30.9 Å². The van der Waals surface area contributed by atoms with Crippen LogP contribution in [0.1, 0.15) is 25.0 Å². The molecule has 7 heteroatoms. The molecule has 26 heavy (non-hydrogen) atoms. The first kappa shape index (κ1) is 18.5. The van der Waals surface area contributed by atoms with Crippen LogP contribution < -0.4 is 4.74 Å². The Bertz CT molecular complexity index is 877. The topological polar surface area (TPSA) is 52.3 Å². The van der Waals surface area contributed by atoms with Crippen LogP contribution in [0.2, 0.25) is 5.02 Å². The molecule has 3 rings (SSSR count). The highest BCUT2D eigenvalue weighted by Gasteiger charge is 2.06. The number of hydrogen-bond acceptors (Lipinski definition) is 5. The lowest BCUT2D eigenvalue weighted by atomic mass is 10.2. The van der Waals surface area contributed by atoms with Gasteiger partial charge in [-0.2, -0.15) is 9.78 Å². The molecular weight excluding hydrogens is 368 g/mol.